The number of rotatable bonds is 11. The first-order chi connectivity index (χ1) is 14.7. The first kappa shape index (κ1) is 22.4. The number of nitrogens with zero attached hydrogens (tertiary/aromatic N) is 2. The number of piperidine rings is 1. The minimum absolute atomic E-state index is 0.0709. The molecule has 1 saturated carbocycles. The summed E-state index contributed by atoms with van der Waals surface area (Å²) in [5, 5.41) is 6.79. The van der Waals surface area contributed by atoms with Crippen molar-refractivity contribution in [1.82, 2.24) is 15.5 Å². The molecule has 7 heteroatoms. The molecule has 0 atom stereocenters. The largest absolute Gasteiger partial charge is 0.493 e. The number of hydrogen-bond donors (Lipinski definition) is 3. The third-order valence-corrected chi connectivity index (χ3v) is 6.00. The van der Waals surface area contributed by atoms with Crippen LogP contribution in [-0.4, -0.2) is 56.6 Å². The number of carbonyl (C=O) groups is 1. The number of benzene rings is 1. The van der Waals surface area contributed by atoms with Gasteiger partial charge in [0.1, 0.15) is 5.75 Å². The molecule has 1 saturated heterocycles. The lowest BCUT2D eigenvalue weighted by molar-refractivity contribution is -0.123. The lowest BCUT2D eigenvalue weighted by Crippen LogP contribution is -2.39. The Kier molecular flexibility index (Phi) is 8.81. The molecule has 3 rings (SSSR count). The van der Waals surface area contributed by atoms with Crippen molar-refractivity contribution in [3.63, 3.8) is 0 Å². The highest BCUT2D eigenvalue weighted by molar-refractivity contribution is 5.79. The van der Waals surface area contributed by atoms with Crippen LogP contribution < -0.4 is 21.1 Å². The number of hydrogen-bond acceptors (Lipinski definition) is 4. The van der Waals surface area contributed by atoms with Crippen LogP contribution in [0, 0.1) is 11.8 Å². The summed E-state index contributed by atoms with van der Waals surface area (Å²) in [5.41, 5.74) is 6.56. The molecule has 1 aliphatic carbocycles. The number of carbonyl (C=O) groups excluding carboxylic acids is 1. The molecule has 2 aliphatic rings. The van der Waals surface area contributed by atoms with E-state index in [0.29, 0.717) is 6.54 Å². The molecular formula is C23H37N5O2. The zero-order chi connectivity index (χ0) is 21.2. The zero-order valence-corrected chi connectivity index (χ0v) is 18.2. The van der Waals surface area contributed by atoms with Crippen molar-refractivity contribution in [3.05, 3.63) is 29.8 Å². The van der Waals surface area contributed by atoms with Gasteiger partial charge in [-0.1, -0.05) is 18.2 Å². The van der Waals surface area contributed by atoms with E-state index in [1.165, 1.54) is 12.8 Å². The fraction of sp³-hybridized carbons (Fsp3) is 0.652. The number of primary amides is 1. The molecule has 1 aromatic carbocycles. The first-order valence-corrected chi connectivity index (χ1v) is 11.3. The SMILES string of the molecule is CN=C(NCCCCN1CCC(C(N)=O)CC1)NCc1ccccc1OCC1CC1. The summed E-state index contributed by atoms with van der Waals surface area (Å²) in [6.07, 6.45) is 6.60. The maximum atomic E-state index is 11.2. The lowest BCUT2D eigenvalue weighted by atomic mass is 9.96. The van der Waals surface area contributed by atoms with Crippen LogP contribution in [0.15, 0.2) is 29.3 Å². The summed E-state index contributed by atoms with van der Waals surface area (Å²) in [7, 11) is 1.80. The van der Waals surface area contributed by atoms with Gasteiger partial charge in [-0.15, -0.1) is 0 Å². The Morgan fingerprint density at radius 3 is 2.63 bits per heavy atom. The van der Waals surface area contributed by atoms with Crippen molar-refractivity contribution >= 4 is 11.9 Å². The smallest absolute Gasteiger partial charge is 0.220 e. The van der Waals surface area contributed by atoms with Gasteiger partial charge in [-0.3, -0.25) is 9.79 Å². The van der Waals surface area contributed by atoms with Crippen LogP contribution in [0.1, 0.15) is 44.1 Å². The number of guanidine groups is 1. The van der Waals surface area contributed by atoms with Gasteiger partial charge < -0.3 is 26.0 Å². The summed E-state index contributed by atoms with van der Waals surface area (Å²) in [6.45, 7) is 5.43. The van der Waals surface area contributed by atoms with E-state index in [2.05, 4.69) is 26.6 Å². The molecule has 0 unspecified atom stereocenters. The number of ether oxygens (including phenoxy) is 1. The third kappa shape index (κ3) is 7.52. The van der Waals surface area contributed by atoms with Crippen molar-refractivity contribution < 1.29 is 9.53 Å². The number of aliphatic imine (C=N–C) groups is 1. The Morgan fingerprint density at radius 2 is 1.93 bits per heavy atom. The van der Waals surface area contributed by atoms with E-state index in [1.54, 1.807) is 7.05 Å². The summed E-state index contributed by atoms with van der Waals surface area (Å²) in [5.74, 6) is 2.45. The predicted octanol–water partition coefficient (Wildman–Crippen LogP) is 2.12. The second-order valence-electron chi connectivity index (χ2n) is 8.44. The van der Waals surface area contributed by atoms with E-state index in [9.17, 15) is 4.79 Å². The van der Waals surface area contributed by atoms with Crippen LogP contribution in [0.2, 0.25) is 0 Å². The third-order valence-electron chi connectivity index (χ3n) is 6.00. The molecule has 1 heterocycles. The summed E-state index contributed by atoms with van der Waals surface area (Å²) >= 11 is 0. The average molecular weight is 416 g/mol. The molecule has 0 spiro atoms. The molecule has 0 radical (unpaired) electrons. The van der Waals surface area contributed by atoms with Gasteiger partial charge in [0.05, 0.1) is 6.61 Å². The second kappa shape index (κ2) is 11.8. The van der Waals surface area contributed by atoms with E-state index >= 15 is 0 Å². The molecule has 1 aromatic rings. The molecule has 1 aliphatic heterocycles. The van der Waals surface area contributed by atoms with Crippen LogP contribution in [-0.2, 0) is 11.3 Å². The molecular weight excluding hydrogens is 378 g/mol. The second-order valence-corrected chi connectivity index (χ2v) is 8.44. The maximum Gasteiger partial charge on any atom is 0.220 e. The van der Waals surface area contributed by atoms with E-state index < -0.39 is 0 Å². The Morgan fingerprint density at radius 1 is 1.17 bits per heavy atom. The monoisotopic (exact) mass is 415 g/mol. The van der Waals surface area contributed by atoms with E-state index in [4.69, 9.17) is 10.5 Å². The average Bonchev–Trinajstić information content (AvgIpc) is 3.59. The van der Waals surface area contributed by atoms with Gasteiger partial charge in [0.2, 0.25) is 5.91 Å². The summed E-state index contributed by atoms with van der Waals surface area (Å²) in [6, 6.07) is 8.21. The van der Waals surface area contributed by atoms with Crippen LogP contribution in [0.4, 0.5) is 0 Å². The Labute approximate surface area is 180 Å². The number of nitrogens with two attached hydrogens (primary N) is 1. The van der Waals surface area contributed by atoms with Gasteiger partial charge in [0, 0.05) is 31.6 Å². The van der Waals surface area contributed by atoms with Crippen LogP contribution in [0.5, 0.6) is 5.75 Å². The van der Waals surface area contributed by atoms with Crippen molar-refractivity contribution in [1.29, 1.82) is 0 Å². The highest BCUT2D eigenvalue weighted by Gasteiger charge is 2.23. The van der Waals surface area contributed by atoms with Crippen molar-refractivity contribution in [2.75, 3.05) is 39.8 Å². The van der Waals surface area contributed by atoms with Crippen molar-refractivity contribution in [2.45, 2.75) is 45.1 Å². The number of likely N-dealkylation sites (tertiary alicyclic amines) is 1. The highest BCUT2D eigenvalue weighted by atomic mass is 16.5. The minimum Gasteiger partial charge on any atom is -0.493 e. The minimum atomic E-state index is -0.144. The Balaban J connectivity index is 1.29. The molecule has 166 valence electrons. The zero-order valence-electron chi connectivity index (χ0n) is 18.2. The normalized spacial score (nSPS) is 18.2. The highest BCUT2D eigenvalue weighted by Crippen LogP contribution is 2.30. The number of nitrogens with one attached hydrogen (secondary N) is 2. The molecule has 2 fully saturated rings. The Hall–Kier alpha value is -2.28. The molecule has 4 N–H and O–H groups in total. The molecule has 7 nitrogen and oxygen atoms in total. The van der Waals surface area contributed by atoms with Crippen LogP contribution in [0.3, 0.4) is 0 Å². The topological polar surface area (TPSA) is 92.0 Å². The van der Waals surface area contributed by atoms with Crippen molar-refractivity contribution in [3.8, 4) is 5.75 Å². The molecule has 0 bridgehead atoms. The van der Waals surface area contributed by atoms with Gasteiger partial charge in [0.15, 0.2) is 5.96 Å². The number of amides is 1. The summed E-state index contributed by atoms with van der Waals surface area (Å²) < 4.78 is 5.99. The molecule has 30 heavy (non-hydrogen) atoms. The quantitative estimate of drug-likeness (QED) is 0.292. The van der Waals surface area contributed by atoms with Gasteiger partial charge in [-0.25, -0.2) is 0 Å². The van der Waals surface area contributed by atoms with Crippen LogP contribution >= 0.6 is 0 Å². The lowest BCUT2D eigenvalue weighted by Gasteiger charge is -2.30. The fourth-order valence-corrected chi connectivity index (χ4v) is 3.79. The van der Waals surface area contributed by atoms with E-state index in [1.807, 2.05) is 18.2 Å². The van der Waals surface area contributed by atoms with Gasteiger partial charge in [-0.2, -0.15) is 0 Å². The van der Waals surface area contributed by atoms with E-state index in [0.717, 1.165) is 81.7 Å². The fourth-order valence-electron chi connectivity index (χ4n) is 3.79. The van der Waals surface area contributed by atoms with Gasteiger partial charge in [-0.05, 0) is 70.1 Å². The van der Waals surface area contributed by atoms with Gasteiger partial charge in [0.25, 0.3) is 0 Å². The summed E-state index contributed by atoms with van der Waals surface area (Å²) in [4.78, 5) is 18.0. The van der Waals surface area contributed by atoms with Crippen molar-refractivity contribution in [2.24, 2.45) is 22.6 Å². The number of para-hydroxylation sites is 1. The number of unbranched alkanes of at least 4 members (excludes halogenated alkanes) is 1. The Bertz CT molecular complexity index is 697. The molecule has 1 amide bonds. The maximum absolute atomic E-state index is 11.2. The standard InChI is InChI=1S/C23H37N5O2/c1-25-23(26-12-4-5-13-28-14-10-19(11-15-28)22(24)29)27-16-20-6-2-3-7-21(20)30-17-18-8-9-18/h2-3,6-7,18-19H,4-5,8-17H2,1H3,(H2,24,29)(H2,25,26,27). The van der Waals surface area contributed by atoms with E-state index in [-0.39, 0.29) is 11.8 Å². The first-order valence-electron chi connectivity index (χ1n) is 11.3. The molecule has 0 aromatic heterocycles. The predicted molar refractivity (Wildman–Crippen MR) is 120 cm³/mol. The van der Waals surface area contributed by atoms with Crippen LogP contribution in [0.25, 0.3) is 0 Å². The van der Waals surface area contributed by atoms with Gasteiger partial charge >= 0.3 is 0 Å².